The third-order valence-corrected chi connectivity index (χ3v) is 3.61. The van der Waals surface area contributed by atoms with E-state index in [1.165, 1.54) is 29.2 Å². The number of nitrogens with zero attached hydrogens (tertiary/aromatic N) is 2. The molecule has 0 saturated heterocycles. The Morgan fingerprint density at radius 1 is 1.00 bits per heavy atom. The molecule has 0 heterocycles. The fourth-order valence-electron chi connectivity index (χ4n) is 2.30. The quantitative estimate of drug-likeness (QED) is 0.659. The van der Waals surface area contributed by atoms with Crippen LogP contribution in [0.1, 0.15) is 16.8 Å². The zero-order valence-electron chi connectivity index (χ0n) is 15.0. The number of primary amides is 1. The maximum Gasteiger partial charge on any atom is 0.338 e. The van der Waals surface area contributed by atoms with E-state index in [9.17, 15) is 14.4 Å². The summed E-state index contributed by atoms with van der Waals surface area (Å²) in [7, 11) is 0. The molecule has 0 bridgehead atoms. The Balaban J connectivity index is 1.95. The van der Waals surface area contributed by atoms with Crippen molar-refractivity contribution < 1.29 is 23.9 Å². The standard InChI is InChI=1S/C20H19N3O5/c21-11-4-12-23(16-5-2-1-3-6-16)19(25)14-28-20(26)15-7-9-17(10-8-15)27-13-18(22)24/h1-3,5-10H,4,12-14H2,(H2,22,24). The average molecular weight is 381 g/mol. The van der Waals surface area contributed by atoms with Crippen LogP contribution >= 0.6 is 0 Å². The van der Waals surface area contributed by atoms with Crippen LogP contribution in [0, 0.1) is 11.3 Å². The van der Waals surface area contributed by atoms with Gasteiger partial charge in [0.25, 0.3) is 11.8 Å². The molecule has 0 spiro atoms. The number of nitriles is 1. The number of para-hydroxylation sites is 1. The minimum Gasteiger partial charge on any atom is -0.484 e. The summed E-state index contributed by atoms with van der Waals surface area (Å²) in [4.78, 5) is 36.7. The Morgan fingerprint density at radius 3 is 2.29 bits per heavy atom. The maximum atomic E-state index is 12.5. The fraction of sp³-hybridized carbons (Fsp3) is 0.200. The lowest BCUT2D eigenvalue weighted by Crippen LogP contribution is -2.35. The fourth-order valence-corrected chi connectivity index (χ4v) is 2.30. The van der Waals surface area contributed by atoms with Crippen molar-refractivity contribution in [2.24, 2.45) is 5.73 Å². The predicted octanol–water partition coefficient (Wildman–Crippen LogP) is 1.65. The van der Waals surface area contributed by atoms with Gasteiger partial charge in [-0.2, -0.15) is 5.26 Å². The first-order valence-corrected chi connectivity index (χ1v) is 8.42. The molecule has 8 heteroatoms. The summed E-state index contributed by atoms with van der Waals surface area (Å²) < 4.78 is 10.2. The second-order valence-corrected chi connectivity index (χ2v) is 5.64. The normalized spacial score (nSPS) is 9.82. The lowest BCUT2D eigenvalue weighted by Gasteiger charge is -2.21. The monoisotopic (exact) mass is 381 g/mol. The van der Waals surface area contributed by atoms with Crippen LogP contribution in [0.2, 0.25) is 0 Å². The van der Waals surface area contributed by atoms with Gasteiger partial charge in [0.1, 0.15) is 5.75 Å². The Hall–Kier alpha value is -3.86. The smallest absolute Gasteiger partial charge is 0.338 e. The zero-order valence-corrected chi connectivity index (χ0v) is 15.0. The third kappa shape index (κ3) is 6.14. The van der Waals surface area contributed by atoms with E-state index < -0.39 is 24.4 Å². The van der Waals surface area contributed by atoms with E-state index >= 15 is 0 Å². The second kappa shape index (κ2) is 10.3. The van der Waals surface area contributed by atoms with E-state index in [1.807, 2.05) is 12.1 Å². The molecule has 0 radical (unpaired) electrons. The summed E-state index contributed by atoms with van der Waals surface area (Å²) in [5, 5.41) is 8.79. The maximum absolute atomic E-state index is 12.5. The van der Waals surface area contributed by atoms with Gasteiger partial charge in [-0.05, 0) is 36.4 Å². The molecule has 0 aliphatic heterocycles. The number of rotatable bonds is 9. The molecule has 0 aliphatic rings. The van der Waals surface area contributed by atoms with Crippen LogP contribution in [0.5, 0.6) is 5.75 Å². The van der Waals surface area contributed by atoms with E-state index in [0.717, 1.165) is 0 Å². The number of carbonyl (C=O) groups excluding carboxylic acids is 3. The van der Waals surface area contributed by atoms with Gasteiger partial charge in [-0.3, -0.25) is 9.59 Å². The molecule has 0 atom stereocenters. The number of esters is 1. The molecule has 0 fully saturated rings. The number of ether oxygens (including phenoxy) is 2. The lowest BCUT2D eigenvalue weighted by atomic mass is 10.2. The molecule has 2 rings (SSSR count). The van der Waals surface area contributed by atoms with Gasteiger partial charge in [-0.15, -0.1) is 0 Å². The van der Waals surface area contributed by atoms with Gasteiger partial charge in [0.15, 0.2) is 13.2 Å². The van der Waals surface area contributed by atoms with E-state index in [-0.39, 0.29) is 25.1 Å². The van der Waals surface area contributed by atoms with Crippen molar-refractivity contribution >= 4 is 23.5 Å². The third-order valence-electron chi connectivity index (χ3n) is 3.61. The molecule has 144 valence electrons. The highest BCUT2D eigenvalue weighted by atomic mass is 16.5. The van der Waals surface area contributed by atoms with Crippen molar-refractivity contribution in [1.29, 1.82) is 5.26 Å². The van der Waals surface area contributed by atoms with Crippen LogP contribution in [0.15, 0.2) is 54.6 Å². The highest BCUT2D eigenvalue weighted by Crippen LogP contribution is 2.15. The summed E-state index contributed by atoms with van der Waals surface area (Å²) in [6.45, 7) is -0.530. The van der Waals surface area contributed by atoms with Gasteiger partial charge in [0.05, 0.1) is 18.1 Å². The SMILES string of the molecule is N#CCCN(C(=O)COC(=O)c1ccc(OCC(N)=O)cc1)c1ccccc1. The topological polar surface area (TPSA) is 123 Å². The number of nitrogens with two attached hydrogens (primary N) is 1. The van der Waals surface area contributed by atoms with Gasteiger partial charge < -0.3 is 20.1 Å². The highest BCUT2D eigenvalue weighted by molar-refractivity contribution is 5.97. The molecule has 2 aromatic carbocycles. The number of benzene rings is 2. The largest absolute Gasteiger partial charge is 0.484 e. The van der Waals surface area contributed by atoms with Crippen molar-refractivity contribution in [3.05, 3.63) is 60.2 Å². The van der Waals surface area contributed by atoms with Crippen LogP contribution in [0.3, 0.4) is 0 Å². The Morgan fingerprint density at radius 2 is 1.68 bits per heavy atom. The summed E-state index contributed by atoms with van der Waals surface area (Å²) >= 11 is 0. The Labute approximate surface area is 162 Å². The number of amides is 2. The van der Waals surface area contributed by atoms with E-state index in [1.54, 1.807) is 24.3 Å². The average Bonchev–Trinajstić information content (AvgIpc) is 2.72. The van der Waals surface area contributed by atoms with Gasteiger partial charge >= 0.3 is 5.97 Å². The van der Waals surface area contributed by atoms with Crippen LogP contribution < -0.4 is 15.4 Å². The molecule has 0 aromatic heterocycles. The van der Waals surface area contributed by atoms with Crippen LogP contribution in [-0.4, -0.2) is 37.5 Å². The molecule has 0 aliphatic carbocycles. The van der Waals surface area contributed by atoms with Crippen molar-refractivity contribution in [1.82, 2.24) is 0 Å². The molecule has 28 heavy (non-hydrogen) atoms. The number of hydrogen-bond donors (Lipinski definition) is 1. The molecular weight excluding hydrogens is 362 g/mol. The lowest BCUT2D eigenvalue weighted by molar-refractivity contribution is -0.121. The van der Waals surface area contributed by atoms with Gasteiger partial charge in [-0.1, -0.05) is 18.2 Å². The molecule has 0 unspecified atom stereocenters. The molecule has 2 amide bonds. The Kier molecular flexibility index (Phi) is 7.54. The minimum absolute atomic E-state index is 0.154. The zero-order chi connectivity index (χ0) is 20.4. The van der Waals surface area contributed by atoms with Gasteiger partial charge in [0, 0.05) is 12.2 Å². The van der Waals surface area contributed by atoms with Crippen molar-refractivity contribution in [3.8, 4) is 11.8 Å². The summed E-state index contributed by atoms with van der Waals surface area (Å²) in [6, 6.07) is 16.7. The minimum atomic E-state index is -0.678. The van der Waals surface area contributed by atoms with Crippen LogP contribution in [-0.2, 0) is 14.3 Å². The first kappa shape index (κ1) is 20.5. The van der Waals surface area contributed by atoms with E-state index in [2.05, 4.69) is 0 Å². The molecular formula is C20H19N3O5. The summed E-state index contributed by atoms with van der Waals surface area (Å²) in [5.74, 6) is -1.35. The summed E-state index contributed by atoms with van der Waals surface area (Å²) in [6.07, 6.45) is 0.154. The van der Waals surface area contributed by atoms with Crippen molar-refractivity contribution in [2.45, 2.75) is 6.42 Å². The highest BCUT2D eigenvalue weighted by Gasteiger charge is 2.18. The first-order chi connectivity index (χ1) is 13.5. The number of hydrogen-bond acceptors (Lipinski definition) is 6. The van der Waals surface area contributed by atoms with Crippen LogP contribution in [0.4, 0.5) is 5.69 Å². The summed E-state index contributed by atoms with van der Waals surface area (Å²) in [5.41, 5.74) is 5.84. The van der Waals surface area contributed by atoms with E-state index in [4.69, 9.17) is 20.5 Å². The van der Waals surface area contributed by atoms with Gasteiger partial charge in [-0.25, -0.2) is 4.79 Å². The first-order valence-electron chi connectivity index (χ1n) is 8.42. The predicted molar refractivity (Wildman–Crippen MR) is 100 cm³/mol. The molecule has 8 nitrogen and oxygen atoms in total. The van der Waals surface area contributed by atoms with Crippen LogP contribution in [0.25, 0.3) is 0 Å². The second-order valence-electron chi connectivity index (χ2n) is 5.64. The number of anilines is 1. The van der Waals surface area contributed by atoms with Crippen molar-refractivity contribution in [2.75, 3.05) is 24.7 Å². The molecule has 2 N–H and O–H groups in total. The number of carbonyl (C=O) groups is 3. The molecule has 0 saturated carbocycles. The van der Waals surface area contributed by atoms with Crippen molar-refractivity contribution in [3.63, 3.8) is 0 Å². The molecule has 2 aromatic rings. The van der Waals surface area contributed by atoms with E-state index in [0.29, 0.717) is 11.4 Å². The Bertz CT molecular complexity index is 860. The van der Waals surface area contributed by atoms with Gasteiger partial charge in [0.2, 0.25) is 0 Å².